The van der Waals surface area contributed by atoms with Gasteiger partial charge in [0.1, 0.15) is 10.7 Å². The molecule has 0 unspecified atom stereocenters. The molecule has 0 bridgehead atoms. The van der Waals surface area contributed by atoms with Gasteiger partial charge in [0.05, 0.1) is 17.8 Å². The molecular formula is C11H10ClFN2O2S. The number of rotatable bonds is 3. The maximum Gasteiger partial charge on any atom is 0.178 e. The van der Waals surface area contributed by atoms with Crippen LogP contribution in [0, 0.1) is 5.82 Å². The first-order valence-corrected chi connectivity index (χ1v) is 7.44. The maximum atomic E-state index is 13.5. The Hall–Kier alpha value is -1.40. The highest BCUT2D eigenvalue weighted by atomic mass is 35.5. The highest BCUT2D eigenvalue weighted by Crippen LogP contribution is 2.20. The first-order valence-electron chi connectivity index (χ1n) is 5.02. The molecule has 0 atom stereocenters. The predicted molar refractivity (Wildman–Crippen MR) is 66.2 cm³/mol. The topological polar surface area (TPSA) is 52.0 Å². The third-order valence-electron chi connectivity index (χ3n) is 2.46. The number of aromatic nitrogens is 2. The lowest BCUT2D eigenvalue weighted by Crippen LogP contribution is -2.01. The Morgan fingerprint density at radius 3 is 2.72 bits per heavy atom. The standard InChI is InChI=1S/C11H10ClFN2O2S/c1-18(16,17)8-6-14-15(7-8)11-4-2-3-10(13)9(11)5-12/h2-4,6-7H,5H2,1H3. The Morgan fingerprint density at radius 2 is 2.17 bits per heavy atom. The molecule has 0 fully saturated rings. The summed E-state index contributed by atoms with van der Waals surface area (Å²) in [4.78, 5) is 0.0762. The molecule has 96 valence electrons. The van der Waals surface area contributed by atoms with E-state index in [-0.39, 0.29) is 16.3 Å². The van der Waals surface area contributed by atoms with Crippen LogP contribution in [0.15, 0.2) is 35.5 Å². The number of alkyl halides is 1. The minimum Gasteiger partial charge on any atom is -0.239 e. The lowest BCUT2D eigenvalue weighted by Gasteiger charge is -2.07. The highest BCUT2D eigenvalue weighted by Gasteiger charge is 2.14. The van der Waals surface area contributed by atoms with Crippen molar-refractivity contribution in [2.45, 2.75) is 10.8 Å². The number of nitrogens with zero attached hydrogens (tertiary/aromatic N) is 2. The van der Waals surface area contributed by atoms with E-state index in [2.05, 4.69) is 5.10 Å². The average molecular weight is 289 g/mol. The zero-order chi connectivity index (χ0) is 13.3. The van der Waals surface area contributed by atoms with Gasteiger partial charge in [0.2, 0.25) is 0 Å². The number of hydrogen-bond acceptors (Lipinski definition) is 3. The van der Waals surface area contributed by atoms with E-state index in [1.165, 1.54) is 29.2 Å². The molecule has 2 aromatic rings. The molecule has 0 amide bonds. The van der Waals surface area contributed by atoms with Gasteiger partial charge in [-0.1, -0.05) is 6.07 Å². The molecule has 0 spiro atoms. The molecule has 4 nitrogen and oxygen atoms in total. The Labute approximate surface area is 109 Å². The van der Waals surface area contributed by atoms with Crippen molar-refractivity contribution in [1.29, 1.82) is 0 Å². The van der Waals surface area contributed by atoms with E-state index in [4.69, 9.17) is 11.6 Å². The Kier molecular flexibility index (Phi) is 3.41. The van der Waals surface area contributed by atoms with Crippen LogP contribution in [0.3, 0.4) is 0 Å². The first kappa shape index (κ1) is 13.0. The molecule has 0 aliphatic carbocycles. The van der Waals surface area contributed by atoms with Gasteiger partial charge in [0, 0.05) is 18.0 Å². The van der Waals surface area contributed by atoms with E-state index >= 15 is 0 Å². The Morgan fingerprint density at radius 1 is 1.44 bits per heavy atom. The van der Waals surface area contributed by atoms with Gasteiger partial charge in [-0.3, -0.25) is 0 Å². The molecule has 0 N–H and O–H groups in total. The lowest BCUT2D eigenvalue weighted by atomic mass is 10.2. The molecule has 1 aromatic heterocycles. The van der Waals surface area contributed by atoms with Gasteiger partial charge in [0.15, 0.2) is 9.84 Å². The molecule has 0 saturated carbocycles. The van der Waals surface area contributed by atoms with E-state index in [0.29, 0.717) is 5.69 Å². The van der Waals surface area contributed by atoms with E-state index in [0.717, 1.165) is 6.26 Å². The molecule has 0 radical (unpaired) electrons. The molecule has 0 aliphatic rings. The second-order valence-electron chi connectivity index (χ2n) is 3.76. The minimum atomic E-state index is -3.33. The summed E-state index contributed by atoms with van der Waals surface area (Å²) >= 11 is 5.68. The zero-order valence-electron chi connectivity index (χ0n) is 9.47. The molecular weight excluding hydrogens is 279 g/mol. The number of halogens is 2. The monoisotopic (exact) mass is 288 g/mol. The van der Waals surface area contributed by atoms with Crippen LogP contribution in [0.4, 0.5) is 4.39 Å². The first-order chi connectivity index (χ1) is 8.43. The van der Waals surface area contributed by atoms with Gasteiger partial charge in [-0.05, 0) is 12.1 Å². The van der Waals surface area contributed by atoms with Crippen molar-refractivity contribution in [2.24, 2.45) is 0 Å². The van der Waals surface area contributed by atoms with E-state index in [1.54, 1.807) is 6.07 Å². The summed E-state index contributed by atoms with van der Waals surface area (Å²) in [6.45, 7) is 0. The lowest BCUT2D eigenvalue weighted by molar-refractivity contribution is 0.602. The Balaban J connectivity index is 2.57. The smallest absolute Gasteiger partial charge is 0.178 e. The van der Waals surface area contributed by atoms with Crippen molar-refractivity contribution < 1.29 is 12.8 Å². The molecule has 1 heterocycles. The predicted octanol–water partition coefficient (Wildman–Crippen LogP) is 2.15. The minimum absolute atomic E-state index is 0.0178. The van der Waals surface area contributed by atoms with Crippen molar-refractivity contribution in [3.05, 3.63) is 42.0 Å². The van der Waals surface area contributed by atoms with Gasteiger partial charge in [-0.25, -0.2) is 17.5 Å². The average Bonchev–Trinajstić information content (AvgIpc) is 2.77. The van der Waals surface area contributed by atoms with E-state index in [1.807, 2.05) is 0 Å². The summed E-state index contributed by atoms with van der Waals surface area (Å²) in [6.07, 6.45) is 3.64. The van der Waals surface area contributed by atoms with Gasteiger partial charge < -0.3 is 0 Å². The van der Waals surface area contributed by atoms with Crippen LogP contribution in [0.5, 0.6) is 0 Å². The van der Waals surface area contributed by atoms with Crippen LogP contribution in [-0.2, 0) is 15.7 Å². The van der Waals surface area contributed by atoms with Crippen LogP contribution in [-0.4, -0.2) is 24.5 Å². The number of hydrogen-bond donors (Lipinski definition) is 0. The zero-order valence-corrected chi connectivity index (χ0v) is 11.0. The van der Waals surface area contributed by atoms with Crippen molar-refractivity contribution in [1.82, 2.24) is 9.78 Å². The summed E-state index contributed by atoms with van der Waals surface area (Å²) in [5, 5.41) is 3.91. The second-order valence-corrected chi connectivity index (χ2v) is 6.05. The van der Waals surface area contributed by atoms with Gasteiger partial charge in [0.25, 0.3) is 0 Å². The molecule has 7 heteroatoms. The summed E-state index contributed by atoms with van der Waals surface area (Å²) in [7, 11) is -3.33. The quantitative estimate of drug-likeness (QED) is 0.813. The number of benzene rings is 1. The van der Waals surface area contributed by atoms with E-state index < -0.39 is 15.7 Å². The highest BCUT2D eigenvalue weighted by molar-refractivity contribution is 7.90. The fourth-order valence-electron chi connectivity index (χ4n) is 1.52. The molecule has 1 aromatic carbocycles. The van der Waals surface area contributed by atoms with Gasteiger partial charge in [-0.15, -0.1) is 11.6 Å². The van der Waals surface area contributed by atoms with Crippen LogP contribution >= 0.6 is 11.6 Å². The van der Waals surface area contributed by atoms with Crippen molar-refractivity contribution in [3.8, 4) is 5.69 Å². The van der Waals surface area contributed by atoms with Crippen LogP contribution < -0.4 is 0 Å². The molecule has 0 saturated heterocycles. The van der Waals surface area contributed by atoms with Crippen molar-refractivity contribution >= 4 is 21.4 Å². The molecule has 2 rings (SSSR count). The summed E-state index contributed by atoms with van der Waals surface area (Å²) in [6, 6.07) is 4.44. The summed E-state index contributed by atoms with van der Waals surface area (Å²) in [5.41, 5.74) is 0.710. The second kappa shape index (κ2) is 4.70. The Bertz CT molecular complexity index is 682. The van der Waals surface area contributed by atoms with Crippen LogP contribution in [0.2, 0.25) is 0 Å². The van der Waals surface area contributed by atoms with E-state index in [9.17, 15) is 12.8 Å². The largest absolute Gasteiger partial charge is 0.239 e. The summed E-state index contributed by atoms with van der Waals surface area (Å²) in [5.74, 6) is -0.463. The number of sulfone groups is 1. The summed E-state index contributed by atoms with van der Waals surface area (Å²) < 4.78 is 37.5. The van der Waals surface area contributed by atoms with Gasteiger partial charge in [-0.2, -0.15) is 5.10 Å². The third kappa shape index (κ3) is 2.39. The van der Waals surface area contributed by atoms with Crippen molar-refractivity contribution in [2.75, 3.05) is 6.26 Å². The van der Waals surface area contributed by atoms with Crippen LogP contribution in [0.25, 0.3) is 5.69 Å². The fourth-order valence-corrected chi connectivity index (χ4v) is 2.32. The SMILES string of the molecule is CS(=O)(=O)c1cnn(-c2cccc(F)c2CCl)c1. The molecule has 18 heavy (non-hydrogen) atoms. The molecule has 0 aliphatic heterocycles. The van der Waals surface area contributed by atoms with Gasteiger partial charge >= 0.3 is 0 Å². The van der Waals surface area contributed by atoms with Crippen molar-refractivity contribution in [3.63, 3.8) is 0 Å². The normalized spacial score (nSPS) is 11.7. The third-order valence-corrected chi connectivity index (χ3v) is 3.80. The fraction of sp³-hybridized carbons (Fsp3) is 0.182. The van der Waals surface area contributed by atoms with Crippen LogP contribution in [0.1, 0.15) is 5.56 Å². The maximum absolute atomic E-state index is 13.5.